The molecular weight excluding hydrogens is 612 g/mol. The average Bonchev–Trinajstić information content (AvgIpc) is 2.86. The van der Waals surface area contributed by atoms with Crippen molar-refractivity contribution in [3.8, 4) is 10.1 Å². The summed E-state index contributed by atoms with van der Waals surface area (Å²) in [4.78, 5) is 11.3. The van der Waals surface area contributed by atoms with E-state index in [9.17, 15) is 4.79 Å². The monoisotopic (exact) mass is 634 g/mol. The van der Waals surface area contributed by atoms with Crippen molar-refractivity contribution in [2.75, 3.05) is 6.26 Å². The Hall–Kier alpha value is -2.37. The number of hydrogen-bond acceptors (Lipinski definition) is 2. The molecule has 0 aliphatic carbocycles. The van der Waals surface area contributed by atoms with E-state index in [1.807, 2.05) is 12.1 Å². The van der Waals surface area contributed by atoms with Gasteiger partial charge in [0.1, 0.15) is 0 Å². The summed E-state index contributed by atoms with van der Waals surface area (Å²) < 4.78 is 2.74. The van der Waals surface area contributed by atoms with Crippen LogP contribution in [0.4, 0.5) is 0 Å². The van der Waals surface area contributed by atoms with Crippen LogP contribution >= 0.6 is 19.7 Å². The Labute approximate surface area is 208 Å². The van der Waals surface area contributed by atoms with Crippen LogP contribution in [0, 0.1) is 10.1 Å². The molecule has 162 valence electrons. The molecule has 0 amide bonds. The van der Waals surface area contributed by atoms with Crippen molar-refractivity contribution in [2.24, 2.45) is 0 Å². The van der Waals surface area contributed by atoms with Crippen LogP contribution in [0.5, 0.6) is 0 Å². The Bertz CT molecular complexity index is 1090. The van der Waals surface area contributed by atoms with Crippen molar-refractivity contribution in [1.82, 2.24) is 0 Å². The number of rotatable bonds is 4. The molecule has 0 spiro atoms. The smallest absolute Gasteiger partial charge is 0.0134 e. The molecule has 0 saturated heterocycles. The van der Waals surface area contributed by atoms with E-state index >= 15 is 0 Å². The van der Waals surface area contributed by atoms with E-state index in [0.29, 0.717) is 5.56 Å². The van der Waals surface area contributed by atoms with Gasteiger partial charge in [-0.2, -0.15) is 0 Å². The third kappa shape index (κ3) is 7.07. The van der Waals surface area contributed by atoms with Gasteiger partial charge in [-0.25, -0.2) is 0 Å². The fourth-order valence-corrected chi connectivity index (χ4v) is 6.04. The second-order valence-electron chi connectivity index (χ2n) is 6.61. The number of benzene rings is 4. The van der Waals surface area contributed by atoms with Crippen LogP contribution in [0.3, 0.4) is 0 Å². The molecule has 0 saturated carbocycles. The summed E-state index contributed by atoms with van der Waals surface area (Å²) >= 11 is 3.36. The standard InChI is InChI=1S/C18H15P.C10H7OS.Au/c1-4-10-16(11-5-1)19(17-12-6-2-7-13-17)18-14-8-3-9-15-18;1-3-8-5-4-6-9(7-8)10(11)12-2;/h1-15H;4-7H,2H3;. The molecule has 0 aromatic heterocycles. The van der Waals surface area contributed by atoms with Gasteiger partial charge in [0.25, 0.3) is 0 Å². The van der Waals surface area contributed by atoms with Gasteiger partial charge < -0.3 is 0 Å². The fraction of sp³-hybridized carbons (Fsp3) is 0.0357. The molecule has 32 heavy (non-hydrogen) atoms. The summed E-state index contributed by atoms with van der Waals surface area (Å²) in [5, 5.41) is 4.27. The van der Waals surface area contributed by atoms with Crippen LogP contribution in [0.1, 0.15) is 15.9 Å². The summed E-state index contributed by atoms with van der Waals surface area (Å²) in [5.41, 5.74) is 1.59. The second-order valence-corrected chi connectivity index (χ2v) is 10.2. The Balaban J connectivity index is 0.000000195. The minimum absolute atomic E-state index is 0.0786. The Kier molecular flexibility index (Phi) is 10.0. The van der Waals surface area contributed by atoms with Crippen LogP contribution in [0.2, 0.25) is 0 Å². The van der Waals surface area contributed by atoms with Gasteiger partial charge in [0.15, 0.2) is 0 Å². The first-order valence-electron chi connectivity index (χ1n) is 9.94. The van der Waals surface area contributed by atoms with Crippen molar-refractivity contribution < 1.29 is 25.9 Å². The van der Waals surface area contributed by atoms with E-state index < -0.39 is 7.92 Å². The van der Waals surface area contributed by atoms with E-state index in [0.717, 1.165) is 5.56 Å². The van der Waals surface area contributed by atoms with Crippen LogP contribution in [0.15, 0.2) is 115 Å². The van der Waals surface area contributed by atoms with Gasteiger partial charge in [0.05, 0.1) is 0 Å². The van der Waals surface area contributed by atoms with Gasteiger partial charge in [0, 0.05) is 0 Å². The first kappa shape index (κ1) is 24.3. The molecule has 0 aliphatic rings. The summed E-state index contributed by atoms with van der Waals surface area (Å²) in [6.07, 6.45) is 1.78. The van der Waals surface area contributed by atoms with Crippen molar-refractivity contribution in [2.45, 2.75) is 0 Å². The van der Waals surface area contributed by atoms with Crippen molar-refractivity contribution >= 4 is 40.7 Å². The van der Waals surface area contributed by atoms with Crippen LogP contribution in [0.25, 0.3) is 0 Å². The zero-order chi connectivity index (χ0) is 22.6. The van der Waals surface area contributed by atoms with E-state index in [2.05, 4.69) is 122 Å². The maximum absolute atomic E-state index is 11.3. The molecule has 0 aliphatic heterocycles. The van der Waals surface area contributed by atoms with Crippen molar-refractivity contribution in [3.63, 3.8) is 0 Å². The molecule has 4 aromatic carbocycles. The van der Waals surface area contributed by atoms with Gasteiger partial charge in [-0.15, -0.1) is 0 Å². The number of carbonyl (C=O) groups is 1. The van der Waals surface area contributed by atoms with Gasteiger partial charge in [-0.3, -0.25) is 0 Å². The summed E-state index contributed by atoms with van der Waals surface area (Å²) in [6, 6.07) is 39.7. The third-order valence-corrected chi connectivity index (χ3v) is 7.83. The zero-order valence-electron chi connectivity index (χ0n) is 17.5. The molecular formula is C28H22AuOPS. The predicted octanol–water partition coefficient (Wildman–Crippen LogP) is 5.49. The van der Waals surface area contributed by atoms with E-state index in [1.54, 1.807) is 18.4 Å². The maximum Gasteiger partial charge on any atom is -0.0134 e. The molecule has 0 heterocycles. The number of thioether (sulfide) groups is 1. The van der Waals surface area contributed by atoms with E-state index in [1.165, 1.54) is 27.7 Å². The summed E-state index contributed by atoms with van der Waals surface area (Å²) in [5.74, 6) is 2.89. The quantitative estimate of drug-likeness (QED) is 0.168. The minimum Gasteiger partial charge on any atom is -0.0622 e. The molecule has 1 nitrogen and oxygen atoms in total. The first-order valence-corrected chi connectivity index (χ1v) is 13.6. The zero-order valence-corrected chi connectivity index (χ0v) is 21.4. The van der Waals surface area contributed by atoms with E-state index in [4.69, 9.17) is 0 Å². The van der Waals surface area contributed by atoms with Gasteiger partial charge in [-0.1, -0.05) is 91.0 Å². The normalized spacial score (nSPS) is 9.88. The molecule has 4 aromatic rings. The molecule has 0 fully saturated rings. The molecule has 0 radical (unpaired) electrons. The molecule has 0 unspecified atom stereocenters. The minimum atomic E-state index is -0.446. The number of hydrogen-bond donors (Lipinski definition) is 0. The first-order chi connectivity index (χ1) is 15.7. The largest absolute Gasteiger partial charge is 0.0622 e. The third-order valence-electron chi connectivity index (χ3n) is 4.51. The van der Waals surface area contributed by atoms with E-state index in [-0.39, 0.29) is 5.12 Å². The topological polar surface area (TPSA) is 17.1 Å². The molecule has 0 bridgehead atoms. The average molecular weight is 634 g/mol. The summed E-state index contributed by atoms with van der Waals surface area (Å²) in [7, 11) is -0.446. The SMILES string of the molecule is CSC(=O)c1cccc(C#[C][Au])c1.c1ccc(P(c2ccccc2)c2ccccc2)cc1. The second kappa shape index (κ2) is 13.2. The van der Waals surface area contributed by atoms with Crippen molar-refractivity contribution in [3.05, 3.63) is 126 Å². The molecule has 4 heteroatoms. The van der Waals surface area contributed by atoms with Gasteiger partial charge >= 0.3 is 94.4 Å². The van der Waals surface area contributed by atoms with Gasteiger partial charge in [0.2, 0.25) is 0 Å². The summed E-state index contributed by atoms with van der Waals surface area (Å²) in [6.45, 7) is 0. The Morgan fingerprint density at radius 2 is 1.19 bits per heavy atom. The fourth-order valence-electron chi connectivity index (χ4n) is 3.06. The van der Waals surface area contributed by atoms with Crippen LogP contribution < -0.4 is 15.9 Å². The van der Waals surface area contributed by atoms with Crippen molar-refractivity contribution in [1.29, 1.82) is 0 Å². The molecule has 4 rings (SSSR count). The predicted molar refractivity (Wildman–Crippen MR) is 136 cm³/mol. The molecule has 0 N–H and O–H groups in total. The Morgan fingerprint density at radius 1 is 0.719 bits per heavy atom. The van der Waals surface area contributed by atoms with Crippen LogP contribution in [-0.2, 0) is 21.1 Å². The Morgan fingerprint density at radius 3 is 1.59 bits per heavy atom. The number of carbonyl (C=O) groups excluding carboxylic acids is 1. The van der Waals surface area contributed by atoms with Crippen LogP contribution in [-0.4, -0.2) is 11.4 Å². The van der Waals surface area contributed by atoms with Gasteiger partial charge in [-0.05, 0) is 23.8 Å². The molecule has 0 atom stereocenters. The maximum atomic E-state index is 11.3.